The van der Waals surface area contributed by atoms with Crippen LogP contribution in [0.1, 0.15) is 59.5 Å². The van der Waals surface area contributed by atoms with E-state index < -0.39 is 5.54 Å². The molecule has 4 heterocycles. The number of amides is 3. The number of nitrogens with one attached hydrogen (secondary N) is 2. The summed E-state index contributed by atoms with van der Waals surface area (Å²) < 4.78 is 6.20. The molecule has 1 saturated carbocycles. The van der Waals surface area contributed by atoms with E-state index in [1.54, 1.807) is 23.2 Å². The molecule has 2 aromatic heterocycles. The molecule has 3 aliphatic rings. The van der Waals surface area contributed by atoms with Crippen molar-refractivity contribution in [3.05, 3.63) is 58.1 Å². The lowest BCUT2D eigenvalue weighted by molar-refractivity contribution is 0.0720. The summed E-state index contributed by atoms with van der Waals surface area (Å²) in [5, 5.41) is 7.22. The van der Waals surface area contributed by atoms with E-state index >= 15 is 0 Å². The van der Waals surface area contributed by atoms with Gasteiger partial charge in [0.1, 0.15) is 5.58 Å². The molecule has 2 N–H and O–H groups in total. The highest BCUT2D eigenvalue weighted by molar-refractivity contribution is 6.35. The number of hydrogen-bond donors (Lipinski definition) is 2. The Kier molecular flexibility index (Phi) is 4.05. The molecule has 0 unspecified atom stereocenters. The minimum absolute atomic E-state index is 0.176. The van der Waals surface area contributed by atoms with Gasteiger partial charge in [-0.25, -0.2) is 4.79 Å². The minimum Gasteiger partial charge on any atom is -0.450 e. The van der Waals surface area contributed by atoms with Crippen LogP contribution in [0.2, 0.25) is 5.02 Å². The van der Waals surface area contributed by atoms with Gasteiger partial charge in [-0.05, 0) is 36.6 Å². The molecule has 31 heavy (non-hydrogen) atoms. The molecule has 3 aromatic rings. The minimum atomic E-state index is -0.523. The molecular formula is C23H21ClN4O3. The summed E-state index contributed by atoms with van der Waals surface area (Å²) >= 11 is 6.58. The molecule has 3 amide bonds. The number of benzene rings is 1. The van der Waals surface area contributed by atoms with Crippen LogP contribution in [0.3, 0.4) is 0 Å². The largest absolute Gasteiger partial charge is 0.450 e. The number of nitrogens with zero attached hydrogens (tertiary/aromatic N) is 2. The Morgan fingerprint density at radius 3 is 2.84 bits per heavy atom. The number of carbonyl (C=O) groups is 2. The summed E-state index contributed by atoms with van der Waals surface area (Å²) in [7, 11) is 0. The van der Waals surface area contributed by atoms with E-state index in [1.807, 2.05) is 12.1 Å². The number of hydrogen-bond acceptors (Lipinski definition) is 4. The second kappa shape index (κ2) is 6.72. The zero-order valence-corrected chi connectivity index (χ0v) is 17.6. The van der Waals surface area contributed by atoms with Crippen molar-refractivity contribution in [1.82, 2.24) is 15.2 Å². The number of rotatable bonds is 1. The number of anilines is 1. The van der Waals surface area contributed by atoms with Gasteiger partial charge in [0.05, 0.1) is 28.5 Å². The van der Waals surface area contributed by atoms with E-state index in [-0.39, 0.29) is 17.7 Å². The average molecular weight is 437 g/mol. The van der Waals surface area contributed by atoms with Gasteiger partial charge in [0.25, 0.3) is 5.91 Å². The van der Waals surface area contributed by atoms with Crippen molar-refractivity contribution >= 4 is 40.2 Å². The fourth-order valence-corrected chi connectivity index (χ4v) is 5.55. The summed E-state index contributed by atoms with van der Waals surface area (Å²) in [6.45, 7) is 0.978. The van der Waals surface area contributed by atoms with Crippen LogP contribution in [0.15, 0.2) is 34.9 Å². The van der Waals surface area contributed by atoms with E-state index in [2.05, 4.69) is 15.6 Å². The van der Waals surface area contributed by atoms with Crippen LogP contribution in [0.5, 0.6) is 0 Å². The number of pyridine rings is 1. The first-order valence-corrected chi connectivity index (χ1v) is 11.0. The van der Waals surface area contributed by atoms with Gasteiger partial charge in [-0.2, -0.15) is 0 Å². The molecule has 0 saturated heterocycles. The first-order valence-electron chi connectivity index (χ1n) is 10.6. The molecule has 8 heteroatoms. The maximum atomic E-state index is 13.2. The quantitative estimate of drug-likeness (QED) is 0.566. The molecule has 0 atom stereocenters. The fourth-order valence-electron chi connectivity index (χ4n) is 5.29. The highest BCUT2D eigenvalue weighted by atomic mass is 35.5. The molecule has 2 aliphatic heterocycles. The maximum absolute atomic E-state index is 13.2. The average Bonchev–Trinajstić information content (AvgIpc) is 3.38. The normalized spacial score (nSPS) is 19.1. The second-order valence-corrected chi connectivity index (χ2v) is 9.04. The van der Waals surface area contributed by atoms with Gasteiger partial charge in [-0.1, -0.05) is 36.9 Å². The standard InChI is InChI=1S/C23H21ClN4O3/c24-15-9-14-10-17(21(29)28-11-13-5-4-8-25-16(13)12-28)31-20(14)18-19(15)26-22(30)27-23(18)6-2-1-3-7-23/h4-5,8-10H,1-3,6-7,11-12H2,(H2,26,27,30). The van der Waals surface area contributed by atoms with Crippen LogP contribution in [0.25, 0.3) is 11.0 Å². The summed E-state index contributed by atoms with van der Waals surface area (Å²) in [4.78, 5) is 31.8. The third-order valence-electron chi connectivity index (χ3n) is 6.72. The molecule has 1 aliphatic carbocycles. The van der Waals surface area contributed by atoms with Crippen molar-refractivity contribution in [2.75, 3.05) is 5.32 Å². The van der Waals surface area contributed by atoms with Crippen molar-refractivity contribution in [3.8, 4) is 0 Å². The third-order valence-corrected chi connectivity index (χ3v) is 7.02. The Morgan fingerprint density at radius 2 is 2.03 bits per heavy atom. The van der Waals surface area contributed by atoms with Crippen molar-refractivity contribution < 1.29 is 14.0 Å². The number of halogens is 1. The Labute approximate surface area is 183 Å². The summed E-state index contributed by atoms with van der Waals surface area (Å²) in [6, 6.07) is 7.14. The number of furan rings is 1. The molecule has 1 spiro atoms. The SMILES string of the molecule is O=C1Nc2c(Cl)cc3cc(C(=O)N4Cc5cccnc5C4)oc3c2C2(CCCCC2)N1. The predicted octanol–water partition coefficient (Wildman–Crippen LogP) is 4.93. The van der Waals surface area contributed by atoms with Crippen molar-refractivity contribution in [2.24, 2.45) is 0 Å². The van der Waals surface area contributed by atoms with Crippen LogP contribution in [-0.2, 0) is 18.6 Å². The van der Waals surface area contributed by atoms with Crippen LogP contribution in [0.4, 0.5) is 10.5 Å². The fraction of sp³-hybridized carbons (Fsp3) is 0.348. The third kappa shape index (κ3) is 2.83. The van der Waals surface area contributed by atoms with Gasteiger partial charge in [0, 0.05) is 23.7 Å². The van der Waals surface area contributed by atoms with Crippen molar-refractivity contribution in [1.29, 1.82) is 0 Å². The van der Waals surface area contributed by atoms with Crippen molar-refractivity contribution in [2.45, 2.75) is 50.7 Å². The Bertz CT molecular complexity index is 1220. The Morgan fingerprint density at radius 1 is 1.19 bits per heavy atom. The van der Waals surface area contributed by atoms with E-state index in [4.69, 9.17) is 16.0 Å². The highest BCUT2D eigenvalue weighted by Crippen LogP contribution is 2.49. The van der Waals surface area contributed by atoms with Gasteiger partial charge in [-0.3, -0.25) is 9.78 Å². The second-order valence-electron chi connectivity index (χ2n) is 8.63. The number of urea groups is 1. The lowest BCUT2D eigenvalue weighted by Crippen LogP contribution is -2.52. The molecule has 6 rings (SSSR count). The van der Waals surface area contributed by atoms with Gasteiger partial charge >= 0.3 is 6.03 Å². The zero-order valence-electron chi connectivity index (χ0n) is 16.8. The number of fused-ring (bicyclic) bond motifs is 5. The topological polar surface area (TPSA) is 87.5 Å². The van der Waals surface area contributed by atoms with Gasteiger partial charge in [0.2, 0.25) is 0 Å². The lowest BCUT2D eigenvalue weighted by atomic mass is 9.74. The highest BCUT2D eigenvalue weighted by Gasteiger charge is 2.44. The van der Waals surface area contributed by atoms with Crippen molar-refractivity contribution in [3.63, 3.8) is 0 Å². The first kappa shape index (κ1) is 18.7. The van der Waals surface area contributed by atoms with E-state index in [0.29, 0.717) is 29.4 Å². The van der Waals surface area contributed by atoms with E-state index in [1.165, 1.54) is 0 Å². The number of aromatic nitrogens is 1. The Balaban J connectivity index is 1.45. The van der Waals surface area contributed by atoms with E-state index in [0.717, 1.165) is 54.3 Å². The monoisotopic (exact) mass is 436 g/mol. The molecule has 0 radical (unpaired) electrons. The lowest BCUT2D eigenvalue weighted by Gasteiger charge is -2.42. The molecular weight excluding hydrogens is 416 g/mol. The molecule has 7 nitrogen and oxygen atoms in total. The Hall–Kier alpha value is -3.06. The van der Waals surface area contributed by atoms with Crippen LogP contribution in [-0.4, -0.2) is 21.8 Å². The molecule has 0 bridgehead atoms. The summed E-state index contributed by atoms with van der Waals surface area (Å²) in [5.74, 6) is 0.0969. The first-order chi connectivity index (χ1) is 15.0. The maximum Gasteiger partial charge on any atom is 0.319 e. The zero-order chi connectivity index (χ0) is 21.2. The predicted molar refractivity (Wildman–Crippen MR) is 116 cm³/mol. The van der Waals surface area contributed by atoms with E-state index in [9.17, 15) is 9.59 Å². The van der Waals surface area contributed by atoms with Gasteiger partial charge in [-0.15, -0.1) is 0 Å². The smallest absolute Gasteiger partial charge is 0.319 e. The molecule has 1 fully saturated rings. The summed E-state index contributed by atoms with van der Waals surface area (Å²) in [5.41, 5.74) is 3.52. The van der Waals surface area contributed by atoms with Crippen LogP contribution < -0.4 is 10.6 Å². The van der Waals surface area contributed by atoms with Gasteiger partial charge in [0.15, 0.2) is 5.76 Å². The molecule has 158 valence electrons. The van der Waals surface area contributed by atoms with Crippen LogP contribution >= 0.6 is 11.6 Å². The summed E-state index contributed by atoms with van der Waals surface area (Å²) in [6.07, 6.45) is 6.54. The molecule has 1 aromatic carbocycles. The van der Waals surface area contributed by atoms with Crippen LogP contribution in [0, 0.1) is 0 Å². The number of carbonyl (C=O) groups excluding carboxylic acids is 2. The van der Waals surface area contributed by atoms with Gasteiger partial charge < -0.3 is 20.0 Å².